The standard InChI is InChI=1S/C14H25N/c1-2-7-14(11-5-3-6-11)12(4-1)10-15-13-8-9-13/h11-15H,1-10H2. The number of hydrogen-bond donors (Lipinski definition) is 1. The van der Waals surface area contributed by atoms with Crippen molar-refractivity contribution < 1.29 is 0 Å². The molecule has 86 valence electrons. The van der Waals surface area contributed by atoms with Gasteiger partial charge in [0.2, 0.25) is 0 Å². The Morgan fingerprint density at radius 3 is 2.27 bits per heavy atom. The largest absolute Gasteiger partial charge is 0.314 e. The van der Waals surface area contributed by atoms with Crippen LogP contribution in [-0.4, -0.2) is 12.6 Å². The molecule has 0 aliphatic heterocycles. The van der Waals surface area contributed by atoms with E-state index in [9.17, 15) is 0 Å². The Bertz CT molecular complexity index is 205. The van der Waals surface area contributed by atoms with E-state index in [4.69, 9.17) is 0 Å². The van der Waals surface area contributed by atoms with E-state index < -0.39 is 0 Å². The minimum Gasteiger partial charge on any atom is -0.314 e. The summed E-state index contributed by atoms with van der Waals surface area (Å²) in [6.07, 6.45) is 13.6. The summed E-state index contributed by atoms with van der Waals surface area (Å²) in [5.74, 6) is 3.25. The van der Waals surface area contributed by atoms with Crippen molar-refractivity contribution in [3.63, 3.8) is 0 Å². The zero-order chi connectivity index (χ0) is 10.1. The molecule has 3 rings (SSSR count). The Labute approximate surface area is 94.0 Å². The highest BCUT2D eigenvalue weighted by atomic mass is 14.9. The molecule has 0 radical (unpaired) electrons. The predicted molar refractivity (Wildman–Crippen MR) is 63.8 cm³/mol. The molecule has 0 amide bonds. The Morgan fingerprint density at radius 1 is 0.800 bits per heavy atom. The third-order valence-corrected chi connectivity index (χ3v) is 4.97. The van der Waals surface area contributed by atoms with E-state index in [1.165, 1.54) is 45.1 Å². The van der Waals surface area contributed by atoms with Gasteiger partial charge in [-0.25, -0.2) is 0 Å². The van der Waals surface area contributed by atoms with Gasteiger partial charge >= 0.3 is 0 Å². The Morgan fingerprint density at radius 2 is 1.60 bits per heavy atom. The van der Waals surface area contributed by atoms with Gasteiger partial charge in [-0.15, -0.1) is 0 Å². The molecule has 3 saturated carbocycles. The van der Waals surface area contributed by atoms with Crippen molar-refractivity contribution in [3.8, 4) is 0 Å². The highest BCUT2D eigenvalue weighted by Crippen LogP contribution is 2.43. The van der Waals surface area contributed by atoms with E-state index in [-0.39, 0.29) is 0 Å². The number of hydrogen-bond acceptors (Lipinski definition) is 1. The summed E-state index contributed by atoms with van der Waals surface area (Å²) in [4.78, 5) is 0. The Kier molecular flexibility index (Phi) is 3.01. The topological polar surface area (TPSA) is 12.0 Å². The zero-order valence-electron chi connectivity index (χ0n) is 9.88. The molecule has 0 saturated heterocycles. The fraction of sp³-hybridized carbons (Fsp3) is 1.00. The normalized spacial score (nSPS) is 37.6. The van der Waals surface area contributed by atoms with Crippen LogP contribution in [0.4, 0.5) is 0 Å². The molecule has 1 N–H and O–H groups in total. The van der Waals surface area contributed by atoms with Gasteiger partial charge in [-0.2, -0.15) is 0 Å². The molecule has 15 heavy (non-hydrogen) atoms. The van der Waals surface area contributed by atoms with E-state index in [0.717, 1.165) is 23.8 Å². The fourth-order valence-electron chi connectivity index (χ4n) is 3.58. The van der Waals surface area contributed by atoms with Crippen LogP contribution in [0.2, 0.25) is 0 Å². The first-order valence-electron chi connectivity index (χ1n) is 7.17. The number of nitrogens with one attached hydrogen (secondary N) is 1. The average Bonchev–Trinajstić information content (AvgIpc) is 2.97. The summed E-state index contributed by atoms with van der Waals surface area (Å²) in [6, 6.07) is 0.911. The Balaban J connectivity index is 1.51. The van der Waals surface area contributed by atoms with Crippen molar-refractivity contribution >= 4 is 0 Å². The molecule has 3 aliphatic rings. The SMILES string of the molecule is C1CC(C2CCCCC2CNC2CC2)C1. The van der Waals surface area contributed by atoms with E-state index in [1.54, 1.807) is 19.3 Å². The molecule has 2 unspecified atom stereocenters. The maximum atomic E-state index is 3.76. The summed E-state index contributed by atoms with van der Waals surface area (Å²) in [7, 11) is 0. The molecular weight excluding hydrogens is 182 g/mol. The first kappa shape index (κ1) is 10.1. The minimum absolute atomic E-state index is 0.911. The van der Waals surface area contributed by atoms with Gasteiger partial charge < -0.3 is 5.32 Å². The highest BCUT2D eigenvalue weighted by Gasteiger charge is 2.35. The van der Waals surface area contributed by atoms with Gasteiger partial charge in [0.25, 0.3) is 0 Å². The lowest BCUT2D eigenvalue weighted by Crippen LogP contribution is -2.37. The van der Waals surface area contributed by atoms with Crippen molar-refractivity contribution in [2.45, 2.75) is 63.8 Å². The smallest absolute Gasteiger partial charge is 0.00683 e. The van der Waals surface area contributed by atoms with Gasteiger partial charge in [-0.3, -0.25) is 0 Å². The first-order valence-corrected chi connectivity index (χ1v) is 7.17. The molecule has 0 bridgehead atoms. The molecule has 3 aliphatic carbocycles. The summed E-state index contributed by atoms with van der Waals surface area (Å²) < 4.78 is 0. The lowest BCUT2D eigenvalue weighted by molar-refractivity contribution is 0.101. The van der Waals surface area contributed by atoms with Gasteiger partial charge in [0, 0.05) is 6.04 Å². The third-order valence-electron chi connectivity index (χ3n) is 4.97. The number of rotatable bonds is 4. The van der Waals surface area contributed by atoms with Gasteiger partial charge in [-0.1, -0.05) is 32.1 Å². The van der Waals surface area contributed by atoms with Crippen LogP contribution in [0.15, 0.2) is 0 Å². The lowest BCUT2D eigenvalue weighted by atomic mass is 9.65. The van der Waals surface area contributed by atoms with E-state index in [0.29, 0.717) is 0 Å². The van der Waals surface area contributed by atoms with Crippen LogP contribution in [0.1, 0.15) is 57.8 Å². The molecule has 1 nitrogen and oxygen atoms in total. The second-order valence-electron chi connectivity index (χ2n) is 6.08. The quantitative estimate of drug-likeness (QED) is 0.745. The van der Waals surface area contributed by atoms with Crippen molar-refractivity contribution in [2.24, 2.45) is 17.8 Å². The van der Waals surface area contributed by atoms with Gasteiger partial charge in [0.15, 0.2) is 0 Å². The Hall–Kier alpha value is -0.0400. The molecule has 0 aromatic rings. The van der Waals surface area contributed by atoms with Crippen molar-refractivity contribution in [3.05, 3.63) is 0 Å². The van der Waals surface area contributed by atoms with Gasteiger partial charge in [-0.05, 0) is 50.0 Å². The van der Waals surface area contributed by atoms with Crippen LogP contribution < -0.4 is 5.32 Å². The van der Waals surface area contributed by atoms with E-state index in [2.05, 4.69) is 5.32 Å². The highest BCUT2D eigenvalue weighted by molar-refractivity contribution is 4.88. The molecule has 0 aromatic carbocycles. The van der Waals surface area contributed by atoms with Crippen LogP contribution in [0.5, 0.6) is 0 Å². The van der Waals surface area contributed by atoms with Crippen LogP contribution in [0.3, 0.4) is 0 Å². The molecule has 2 atom stereocenters. The van der Waals surface area contributed by atoms with Crippen LogP contribution in [0, 0.1) is 17.8 Å². The van der Waals surface area contributed by atoms with E-state index >= 15 is 0 Å². The summed E-state index contributed by atoms with van der Waals surface area (Å²) in [5, 5.41) is 3.76. The van der Waals surface area contributed by atoms with Gasteiger partial charge in [0.05, 0.1) is 0 Å². The molecule has 0 spiro atoms. The second-order valence-corrected chi connectivity index (χ2v) is 6.08. The van der Waals surface area contributed by atoms with Crippen LogP contribution >= 0.6 is 0 Å². The molecule has 1 heteroatoms. The third kappa shape index (κ3) is 2.38. The van der Waals surface area contributed by atoms with Gasteiger partial charge in [0.1, 0.15) is 0 Å². The molecule has 0 aromatic heterocycles. The van der Waals surface area contributed by atoms with Crippen molar-refractivity contribution in [2.75, 3.05) is 6.54 Å². The lowest BCUT2D eigenvalue weighted by Gasteiger charge is -2.41. The second kappa shape index (κ2) is 4.45. The van der Waals surface area contributed by atoms with Crippen LogP contribution in [0.25, 0.3) is 0 Å². The monoisotopic (exact) mass is 207 g/mol. The maximum absolute atomic E-state index is 3.76. The predicted octanol–water partition coefficient (Wildman–Crippen LogP) is 3.34. The maximum Gasteiger partial charge on any atom is 0.00683 e. The molecular formula is C14H25N. The molecule has 3 fully saturated rings. The summed E-state index contributed by atoms with van der Waals surface area (Å²) in [6.45, 7) is 1.34. The van der Waals surface area contributed by atoms with E-state index in [1.807, 2.05) is 0 Å². The van der Waals surface area contributed by atoms with Crippen molar-refractivity contribution in [1.29, 1.82) is 0 Å². The van der Waals surface area contributed by atoms with Crippen LogP contribution in [-0.2, 0) is 0 Å². The fourth-order valence-corrected chi connectivity index (χ4v) is 3.58. The minimum atomic E-state index is 0.911. The molecule has 0 heterocycles. The average molecular weight is 207 g/mol. The van der Waals surface area contributed by atoms with Crippen molar-refractivity contribution in [1.82, 2.24) is 5.32 Å². The summed E-state index contributed by atoms with van der Waals surface area (Å²) >= 11 is 0. The zero-order valence-corrected chi connectivity index (χ0v) is 9.88. The first-order chi connectivity index (χ1) is 7.43. The summed E-state index contributed by atoms with van der Waals surface area (Å²) in [5.41, 5.74) is 0.